The molecule has 1 rings (SSSR count). The first-order valence-corrected chi connectivity index (χ1v) is 8.10. The minimum Gasteiger partial charge on any atom is -0.477 e. The van der Waals surface area contributed by atoms with Gasteiger partial charge in [-0.1, -0.05) is 13.8 Å². The van der Waals surface area contributed by atoms with E-state index in [0.717, 1.165) is 0 Å². The van der Waals surface area contributed by atoms with Crippen molar-refractivity contribution < 1.29 is 44.6 Å². The minimum atomic E-state index is -2.24. The van der Waals surface area contributed by atoms with Gasteiger partial charge in [-0.3, -0.25) is 4.79 Å². The van der Waals surface area contributed by atoms with Crippen molar-refractivity contribution in [2.24, 2.45) is 5.92 Å². The fourth-order valence-corrected chi connectivity index (χ4v) is 2.61. The average molecular weight is 365 g/mol. The lowest BCUT2D eigenvalue weighted by atomic mass is 9.88. The van der Waals surface area contributed by atoms with Crippen LogP contribution in [0.5, 0.6) is 0 Å². The van der Waals surface area contributed by atoms with Crippen LogP contribution in [0.3, 0.4) is 0 Å². The molecule has 1 amide bonds. The van der Waals surface area contributed by atoms with E-state index in [2.05, 4.69) is 5.32 Å². The number of carboxylic acids is 1. The highest BCUT2D eigenvalue weighted by Crippen LogP contribution is 2.33. The van der Waals surface area contributed by atoms with Crippen LogP contribution in [0, 0.1) is 5.92 Å². The lowest BCUT2D eigenvalue weighted by Crippen LogP contribution is -2.68. The summed E-state index contributed by atoms with van der Waals surface area (Å²) in [5.41, 5.74) is 0. The molecule has 0 aromatic rings. The maximum atomic E-state index is 12.0. The first-order chi connectivity index (χ1) is 11.6. The summed E-state index contributed by atoms with van der Waals surface area (Å²) in [5, 5.41) is 51.3. The molecule has 25 heavy (non-hydrogen) atoms. The summed E-state index contributed by atoms with van der Waals surface area (Å²) in [6.07, 6.45) is -6.86. The fraction of sp³-hybridized carbons (Fsp3) is 0.867. The summed E-state index contributed by atoms with van der Waals surface area (Å²) < 4.78 is 10.6. The zero-order valence-corrected chi connectivity index (χ0v) is 14.5. The number of carbonyl (C=O) groups excluding carboxylic acids is 1. The van der Waals surface area contributed by atoms with Crippen molar-refractivity contribution in [1.82, 2.24) is 5.32 Å². The topological polar surface area (TPSA) is 166 Å². The SMILES string of the molecule is CCOC1(C(=O)O)CC(O)C(NC(=O)C(C)C)C(C(O)C(O)CO)O1. The highest BCUT2D eigenvalue weighted by atomic mass is 16.7. The van der Waals surface area contributed by atoms with Gasteiger partial charge in [0, 0.05) is 18.9 Å². The van der Waals surface area contributed by atoms with Crippen molar-refractivity contribution in [3.05, 3.63) is 0 Å². The molecular formula is C15H27NO9. The highest BCUT2D eigenvalue weighted by Gasteiger charge is 2.55. The van der Waals surface area contributed by atoms with Gasteiger partial charge in [0.25, 0.3) is 5.79 Å². The molecule has 1 saturated heterocycles. The molecule has 6 N–H and O–H groups in total. The predicted molar refractivity (Wildman–Crippen MR) is 83.4 cm³/mol. The Bertz CT molecular complexity index is 472. The van der Waals surface area contributed by atoms with Gasteiger partial charge in [0.2, 0.25) is 5.91 Å². The molecule has 0 radical (unpaired) electrons. The zero-order valence-electron chi connectivity index (χ0n) is 14.5. The molecular weight excluding hydrogens is 338 g/mol. The second-order valence-electron chi connectivity index (χ2n) is 6.27. The molecule has 146 valence electrons. The first-order valence-electron chi connectivity index (χ1n) is 8.10. The molecule has 6 unspecified atom stereocenters. The highest BCUT2D eigenvalue weighted by molar-refractivity contribution is 5.79. The summed E-state index contributed by atoms with van der Waals surface area (Å²) in [6.45, 7) is 3.88. The second-order valence-corrected chi connectivity index (χ2v) is 6.27. The van der Waals surface area contributed by atoms with Crippen molar-refractivity contribution in [1.29, 1.82) is 0 Å². The van der Waals surface area contributed by atoms with Crippen molar-refractivity contribution in [2.75, 3.05) is 13.2 Å². The van der Waals surface area contributed by atoms with Crippen LogP contribution >= 0.6 is 0 Å². The summed E-state index contributed by atoms with van der Waals surface area (Å²) in [4.78, 5) is 23.6. The molecule has 0 saturated carbocycles. The number of aliphatic carboxylic acids is 1. The number of rotatable bonds is 8. The molecule has 0 aromatic carbocycles. The number of carboxylic acid groups (broad SMARTS) is 1. The molecule has 6 atom stereocenters. The number of ether oxygens (including phenoxy) is 2. The van der Waals surface area contributed by atoms with Gasteiger partial charge in [-0.15, -0.1) is 0 Å². The molecule has 10 heteroatoms. The number of aliphatic hydroxyl groups is 4. The first kappa shape index (κ1) is 21.7. The van der Waals surface area contributed by atoms with Crippen LogP contribution in [-0.2, 0) is 19.1 Å². The molecule has 1 heterocycles. The van der Waals surface area contributed by atoms with E-state index in [1.165, 1.54) is 6.92 Å². The van der Waals surface area contributed by atoms with Gasteiger partial charge < -0.3 is 40.3 Å². The number of hydrogen-bond donors (Lipinski definition) is 6. The quantitative estimate of drug-likeness (QED) is 0.280. The van der Waals surface area contributed by atoms with Gasteiger partial charge >= 0.3 is 5.97 Å². The van der Waals surface area contributed by atoms with Crippen LogP contribution in [0.25, 0.3) is 0 Å². The molecule has 0 aliphatic carbocycles. The van der Waals surface area contributed by atoms with E-state index >= 15 is 0 Å². The monoisotopic (exact) mass is 365 g/mol. The standard InChI is InChI=1S/C15H27NO9/c1-4-24-15(14(22)23)5-8(18)10(16-13(21)7(2)3)12(25-15)11(20)9(19)6-17/h7-12,17-20H,4-6H2,1-3H3,(H,16,21)(H,22,23). The molecule has 10 nitrogen and oxygen atoms in total. The Kier molecular flexibility index (Phi) is 7.72. The van der Waals surface area contributed by atoms with Crippen molar-refractivity contribution in [2.45, 2.75) is 63.4 Å². The Hall–Kier alpha value is -1.30. The van der Waals surface area contributed by atoms with E-state index in [9.17, 15) is 30.0 Å². The van der Waals surface area contributed by atoms with E-state index in [4.69, 9.17) is 14.6 Å². The predicted octanol–water partition coefficient (Wildman–Crippen LogP) is -2.19. The number of hydrogen-bond acceptors (Lipinski definition) is 8. The maximum absolute atomic E-state index is 12.0. The summed E-state index contributed by atoms with van der Waals surface area (Å²) in [5.74, 6) is -4.65. The second kappa shape index (κ2) is 8.88. The van der Waals surface area contributed by atoms with Crippen molar-refractivity contribution in [3.63, 3.8) is 0 Å². The van der Waals surface area contributed by atoms with Gasteiger partial charge in [-0.25, -0.2) is 4.79 Å². The van der Waals surface area contributed by atoms with Gasteiger partial charge in [0.1, 0.15) is 18.3 Å². The van der Waals surface area contributed by atoms with E-state index in [1.807, 2.05) is 0 Å². The van der Waals surface area contributed by atoms with E-state index in [-0.39, 0.29) is 6.61 Å². The van der Waals surface area contributed by atoms with Crippen LogP contribution in [-0.4, -0.2) is 86.9 Å². The molecule has 0 bridgehead atoms. The number of amides is 1. The van der Waals surface area contributed by atoms with Crippen LogP contribution in [0.1, 0.15) is 27.2 Å². The lowest BCUT2D eigenvalue weighted by Gasteiger charge is -2.46. The third-order valence-corrected chi connectivity index (χ3v) is 4.03. The lowest BCUT2D eigenvalue weighted by molar-refractivity contribution is -0.310. The van der Waals surface area contributed by atoms with E-state index in [1.54, 1.807) is 13.8 Å². The summed E-state index contributed by atoms with van der Waals surface area (Å²) in [7, 11) is 0. The molecule has 1 fully saturated rings. The van der Waals surface area contributed by atoms with Crippen molar-refractivity contribution >= 4 is 11.9 Å². The third-order valence-electron chi connectivity index (χ3n) is 4.03. The fourth-order valence-electron chi connectivity index (χ4n) is 2.61. The summed E-state index contributed by atoms with van der Waals surface area (Å²) >= 11 is 0. The minimum absolute atomic E-state index is 0.0482. The number of aliphatic hydroxyl groups excluding tert-OH is 4. The third kappa shape index (κ3) is 4.87. The number of carbonyl (C=O) groups is 2. The Morgan fingerprint density at radius 3 is 2.40 bits per heavy atom. The van der Waals surface area contributed by atoms with Gasteiger partial charge in [-0.05, 0) is 6.92 Å². The van der Waals surface area contributed by atoms with Crippen LogP contribution in [0.4, 0.5) is 0 Å². The Balaban J connectivity index is 3.19. The van der Waals surface area contributed by atoms with Gasteiger partial charge in [0.15, 0.2) is 0 Å². The molecule has 1 aliphatic rings. The smallest absolute Gasteiger partial charge is 0.364 e. The number of nitrogens with one attached hydrogen (secondary N) is 1. The normalized spacial score (nSPS) is 32.2. The van der Waals surface area contributed by atoms with Crippen LogP contribution in [0.2, 0.25) is 0 Å². The summed E-state index contributed by atoms with van der Waals surface area (Å²) in [6, 6.07) is -1.20. The van der Waals surface area contributed by atoms with E-state index in [0.29, 0.717) is 0 Å². The zero-order chi connectivity index (χ0) is 19.4. The Morgan fingerprint density at radius 1 is 1.36 bits per heavy atom. The van der Waals surface area contributed by atoms with Crippen LogP contribution < -0.4 is 5.32 Å². The van der Waals surface area contributed by atoms with Gasteiger partial charge in [0.05, 0.1) is 18.8 Å². The van der Waals surface area contributed by atoms with Crippen LogP contribution in [0.15, 0.2) is 0 Å². The Morgan fingerprint density at radius 2 is 1.96 bits per heavy atom. The molecule has 0 spiro atoms. The maximum Gasteiger partial charge on any atom is 0.364 e. The Labute approximate surface area is 145 Å². The molecule has 1 aliphatic heterocycles. The van der Waals surface area contributed by atoms with E-state index < -0.39 is 67.1 Å². The average Bonchev–Trinajstić information content (AvgIpc) is 2.55. The van der Waals surface area contributed by atoms with Crippen molar-refractivity contribution in [3.8, 4) is 0 Å². The largest absolute Gasteiger partial charge is 0.477 e. The van der Waals surface area contributed by atoms with Gasteiger partial charge in [-0.2, -0.15) is 0 Å². The molecule has 0 aromatic heterocycles.